The zero-order chi connectivity index (χ0) is 26.6. The molecular weight excluding hydrogens is 490 g/mol. The van der Waals surface area contributed by atoms with Crippen LogP contribution in [0.2, 0.25) is 0 Å². The summed E-state index contributed by atoms with van der Waals surface area (Å²) in [5.41, 5.74) is 7.20. The number of hydrogen-bond acceptors (Lipinski definition) is 6. The molecule has 0 unspecified atom stereocenters. The fourth-order valence-electron chi connectivity index (χ4n) is 4.92. The van der Waals surface area contributed by atoms with Crippen LogP contribution in [0.25, 0.3) is 11.1 Å². The summed E-state index contributed by atoms with van der Waals surface area (Å²) >= 11 is 0. The second-order valence-electron chi connectivity index (χ2n) is 9.56. The van der Waals surface area contributed by atoms with E-state index < -0.39 is 0 Å². The Morgan fingerprint density at radius 2 is 1.69 bits per heavy atom. The summed E-state index contributed by atoms with van der Waals surface area (Å²) in [5, 5.41) is 6.51. The monoisotopic (exact) mass is 520 g/mol. The molecule has 0 spiro atoms. The van der Waals surface area contributed by atoms with E-state index in [9.17, 15) is 4.79 Å². The topological polar surface area (TPSA) is 72.1 Å². The molecule has 0 aliphatic carbocycles. The first kappa shape index (κ1) is 24.8. The number of nitrogens with zero attached hydrogens (tertiary/aromatic N) is 1. The van der Waals surface area contributed by atoms with Gasteiger partial charge in [-0.15, -0.1) is 0 Å². The molecular formula is C32H30N3O4. The van der Waals surface area contributed by atoms with E-state index in [0.29, 0.717) is 17.9 Å². The van der Waals surface area contributed by atoms with Crippen molar-refractivity contribution in [2.75, 3.05) is 55.6 Å². The summed E-state index contributed by atoms with van der Waals surface area (Å²) in [6, 6.07) is 28.9. The van der Waals surface area contributed by atoms with Gasteiger partial charge in [0.1, 0.15) is 11.5 Å². The predicted octanol–water partition coefficient (Wildman–Crippen LogP) is 5.93. The van der Waals surface area contributed by atoms with E-state index in [1.54, 1.807) is 7.11 Å². The Bertz CT molecular complexity index is 1480. The molecule has 2 heterocycles. The van der Waals surface area contributed by atoms with Crippen LogP contribution in [0, 0.1) is 6.07 Å². The zero-order valence-electron chi connectivity index (χ0n) is 21.8. The molecule has 0 bridgehead atoms. The number of carbonyl (C=O) groups excluding carboxylic acids is 1. The van der Waals surface area contributed by atoms with Gasteiger partial charge in [-0.2, -0.15) is 0 Å². The van der Waals surface area contributed by atoms with Crippen LogP contribution in [-0.4, -0.2) is 45.9 Å². The first-order valence-corrected chi connectivity index (χ1v) is 13.1. The van der Waals surface area contributed by atoms with Crippen molar-refractivity contribution in [3.63, 3.8) is 0 Å². The smallest absolute Gasteiger partial charge is 0.257 e. The molecule has 197 valence electrons. The van der Waals surface area contributed by atoms with Crippen LogP contribution in [0.5, 0.6) is 11.5 Å². The molecule has 2 aliphatic rings. The van der Waals surface area contributed by atoms with Crippen molar-refractivity contribution in [3.8, 4) is 22.6 Å². The van der Waals surface area contributed by atoms with Gasteiger partial charge in [-0.3, -0.25) is 4.79 Å². The molecule has 4 aromatic carbocycles. The van der Waals surface area contributed by atoms with Gasteiger partial charge < -0.3 is 29.7 Å². The van der Waals surface area contributed by atoms with Crippen molar-refractivity contribution in [2.24, 2.45) is 0 Å². The summed E-state index contributed by atoms with van der Waals surface area (Å²) in [7, 11) is 1.62. The predicted molar refractivity (Wildman–Crippen MR) is 154 cm³/mol. The van der Waals surface area contributed by atoms with Gasteiger partial charge in [0.2, 0.25) is 0 Å². The molecule has 1 amide bonds. The molecule has 7 heteroatoms. The van der Waals surface area contributed by atoms with Gasteiger partial charge in [0.25, 0.3) is 5.91 Å². The second-order valence-corrected chi connectivity index (χ2v) is 9.56. The standard InChI is InChI=1S/C32H30N3O4/c1-37-27-4-2-3-23(20-27)24-6-11-28-30(21-24)33-29-12-5-22(19-31(29)34-32(28)36)13-16-39-26-9-7-25(8-10-26)35-14-17-38-18-15-35/h2-3,5-12,19-21,33H,13-18H2,1H3,(H,34,36). The molecule has 1 fully saturated rings. The molecule has 0 aromatic heterocycles. The number of ether oxygens (including phenoxy) is 3. The number of morpholine rings is 1. The summed E-state index contributed by atoms with van der Waals surface area (Å²) in [5.74, 6) is 1.37. The number of rotatable bonds is 7. The first-order chi connectivity index (χ1) is 19.2. The fraction of sp³-hybridized carbons (Fsp3) is 0.219. The minimum atomic E-state index is -0.143. The number of benzene rings is 4. The highest BCUT2D eigenvalue weighted by Crippen LogP contribution is 2.35. The van der Waals surface area contributed by atoms with Gasteiger partial charge in [-0.1, -0.05) is 18.2 Å². The van der Waals surface area contributed by atoms with Crippen LogP contribution >= 0.6 is 0 Å². The maximum absolute atomic E-state index is 13.1. The fourth-order valence-corrected chi connectivity index (χ4v) is 4.92. The Kier molecular flexibility index (Phi) is 7.06. The molecule has 1 saturated heterocycles. The lowest BCUT2D eigenvalue weighted by atomic mass is 10.0. The average molecular weight is 521 g/mol. The van der Waals surface area contributed by atoms with Gasteiger partial charge >= 0.3 is 0 Å². The number of fused-ring (bicyclic) bond motifs is 2. The van der Waals surface area contributed by atoms with E-state index in [0.717, 1.165) is 72.2 Å². The van der Waals surface area contributed by atoms with Crippen molar-refractivity contribution in [1.82, 2.24) is 0 Å². The summed E-state index contributed by atoms with van der Waals surface area (Å²) < 4.78 is 16.8. The van der Waals surface area contributed by atoms with E-state index in [2.05, 4.69) is 39.8 Å². The summed E-state index contributed by atoms with van der Waals surface area (Å²) in [6.07, 6.45) is 0.721. The van der Waals surface area contributed by atoms with E-state index in [4.69, 9.17) is 14.2 Å². The van der Waals surface area contributed by atoms with Crippen molar-refractivity contribution in [3.05, 3.63) is 96.1 Å². The van der Waals surface area contributed by atoms with E-state index in [1.165, 1.54) is 5.69 Å². The third kappa shape index (κ3) is 5.54. The Morgan fingerprint density at radius 3 is 2.51 bits per heavy atom. The van der Waals surface area contributed by atoms with Crippen LogP contribution < -0.4 is 25.0 Å². The number of methoxy groups -OCH3 is 1. The highest BCUT2D eigenvalue weighted by atomic mass is 16.5. The lowest BCUT2D eigenvalue weighted by Crippen LogP contribution is -2.36. The van der Waals surface area contributed by atoms with Crippen molar-refractivity contribution < 1.29 is 19.0 Å². The number of anilines is 4. The third-order valence-corrected chi connectivity index (χ3v) is 7.07. The summed E-state index contributed by atoms with van der Waals surface area (Å²) in [4.78, 5) is 15.4. The Balaban J connectivity index is 1.12. The molecule has 0 saturated carbocycles. The minimum Gasteiger partial charge on any atom is -0.496 e. The zero-order valence-corrected chi connectivity index (χ0v) is 21.8. The third-order valence-electron chi connectivity index (χ3n) is 7.07. The van der Waals surface area contributed by atoms with Crippen LogP contribution in [-0.2, 0) is 11.2 Å². The van der Waals surface area contributed by atoms with Crippen LogP contribution in [0.3, 0.4) is 0 Å². The van der Waals surface area contributed by atoms with Crippen LogP contribution in [0.4, 0.5) is 22.7 Å². The maximum atomic E-state index is 13.1. The van der Waals surface area contributed by atoms with Gasteiger partial charge in [0.15, 0.2) is 0 Å². The normalized spacial score (nSPS) is 14.4. The van der Waals surface area contributed by atoms with E-state index in [-0.39, 0.29) is 5.91 Å². The molecule has 7 nitrogen and oxygen atoms in total. The number of hydrogen-bond donors (Lipinski definition) is 2. The highest BCUT2D eigenvalue weighted by molar-refractivity contribution is 6.12. The largest absolute Gasteiger partial charge is 0.496 e. The minimum absolute atomic E-state index is 0.143. The number of amides is 1. The van der Waals surface area contributed by atoms with E-state index in [1.807, 2.05) is 60.7 Å². The van der Waals surface area contributed by atoms with Crippen LogP contribution in [0.15, 0.2) is 78.9 Å². The number of carbonyl (C=O) groups is 1. The molecule has 2 aliphatic heterocycles. The molecule has 4 aromatic rings. The van der Waals surface area contributed by atoms with Gasteiger partial charge in [-0.25, -0.2) is 0 Å². The van der Waals surface area contributed by atoms with Gasteiger partial charge in [-0.05, 0) is 77.4 Å². The molecule has 6 rings (SSSR count). The highest BCUT2D eigenvalue weighted by Gasteiger charge is 2.20. The van der Waals surface area contributed by atoms with Crippen molar-refractivity contribution in [2.45, 2.75) is 6.42 Å². The van der Waals surface area contributed by atoms with Crippen molar-refractivity contribution in [1.29, 1.82) is 0 Å². The quantitative estimate of drug-likeness (QED) is 0.315. The van der Waals surface area contributed by atoms with Gasteiger partial charge in [0, 0.05) is 31.3 Å². The Hall–Kier alpha value is -4.49. The average Bonchev–Trinajstić information content (AvgIpc) is 3.13. The molecule has 39 heavy (non-hydrogen) atoms. The van der Waals surface area contributed by atoms with E-state index >= 15 is 0 Å². The van der Waals surface area contributed by atoms with Gasteiger partial charge in [0.05, 0.1) is 49.6 Å². The summed E-state index contributed by atoms with van der Waals surface area (Å²) in [6.45, 7) is 3.90. The first-order valence-electron chi connectivity index (χ1n) is 13.1. The second kappa shape index (κ2) is 11.1. The SMILES string of the molecule is COc1[c]ccc(-c2ccc3c(c2)Nc2ccc(CCOc4ccc(N5CCOCC5)cc4)cc2NC3=O)c1. The number of nitrogens with one attached hydrogen (secondary N) is 2. The Morgan fingerprint density at radius 1 is 0.872 bits per heavy atom. The molecule has 2 N–H and O–H groups in total. The molecule has 1 radical (unpaired) electrons. The Labute approximate surface area is 228 Å². The lowest BCUT2D eigenvalue weighted by molar-refractivity contribution is 0.102. The van der Waals surface area contributed by atoms with Crippen LogP contribution in [0.1, 0.15) is 15.9 Å². The molecule has 0 atom stereocenters. The maximum Gasteiger partial charge on any atom is 0.257 e. The lowest BCUT2D eigenvalue weighted by Gasteiger charge is -2.28. The van der Waals surface area contributed by atoms with Crippen molar-refractivity contribution >= 4 is 28.7 Å².